The van der Waals surface area contributed by atoms with Crippen LogP contribution in [0.2, 0.25) is 0 Å². The molecule has 2 aliphatic rings. The Morgan fingerprint density at radius 1 is 1.20 bits per heavy atom. The number of aromatic nitrogens is 2. The standard InChI is InChI=1S/C16H23N.C6H8N2.C3H6.C2H6/c1-5-7-8-11-15(4)16(14(3)10-6-2)17-12-9-13-17;1-2-5(1)6-3-4-7-8-6;1-3-2;1-2/h5-8,10-11,16H,2,4,9,12-13H2,1,3H3;3-5H,1-2H2,(H,7,8);3H,1H2,2H3;1-2H3/b7-5-,11-8-,14-10+;;;. The molecule has 30 heavy (non-hydrogen) atoms. The lowest BCUT2D eigenvalue weighted by atomic mass is 9.95. The third kappa shape index (κ3) is 11.0. The van der Waals surface area contributed by atoms with Gasteiger partial charge < -0.3 is 0 Å². The Hall–Kier alpha value is -2.39. The van der Waals surface area contributed by atoms with E-state index in [9.17, 15) is 0 Å². The van der Waals surface area contributed by atoms with Crippen LogP contribution in [0.4, 0.5) is 0 Å². The van der Waals surface area contributed by atoms with Crippen LogP contribution >= 0.6 is 0 Å². The van der Waals surface area contributed by atoms with Crippen molar-refractivity contribution in [2.75, 3.05) is 13.1 Å². The average Bonchev–Trinajstić information content (AvgIpc) is 3.41. The van der Waals surface area contributed by atoms with Gasteiger partial charge in [-0.2, -0.15) is 5.10 Å². The Morgan fingerprint density at radius 3 is 2.23 bits per heavy atom. The van der Waals surface area contributed by atoms with Gasteiger partial charge in [-0.05, 0) is 51.7 Å². The van der Waals surface area contributed by atoms with E-state index in [0.29, 0.717) is 6.04 Å². The zero-order valence-corrected chi connectivity index (χ0v) is 19.9. The van der Waals surface area contributed by atoms with Gasteiger partial charge in [0.2, 0.25) is 0 Å². The van der Waals surface area contributed by atoms with E-state index in [4.69, 9.17) is 0 Å². The number of aromatic amines is 1. The van der Waals surface area contributed by atoms with Crippen molar-refractivity contribution >= 4 is 0 Å². The molecule has 1 aliphatic heterocycles. The largest absolute Gasteiger partial charge is 0.293 e. The third-order valence-electron chi connectivity index (χ3n) is 4.57. The highest BCUT2D eigenvalue weighted by Gasteiger charge is 2.26. The summed E-state index contributed by atoms with van der Waals surface area (Å²) in [6.07, 6.45) is 19.7. The molecule has 1 saturated heterocycles. The fourth-order valence-corrected chi connectivity index (χ4v) is 2.96. The van der Waals surface area contributed by atoms with Crippen LogP contribution in [0, 0.1) is 0 Å². The second kappa shape index (κ2) is 17.5. The summed E-state index contributed by atoms with van der Waals surface area (Å²) < 4.78 is 0. The molecule has 0 radical (unpaired) electrons. The van der Waals surface area contributed by atoms with Crippen LogP contribution in [0.3, 0.4) is 0 Å². The summed E-state index contributed by atoms with van der Waals surface area (Å²) in [6, 6.07) is 2.39. The van der Waals surface area contributed by atoms with Gasteiger partial charge in [-0.1, -0.05) is 75.1 Å². The molecular formula is C27H43N3. The molecule has 0 aromatic carbocycles. The van der Waals surface area contributed by atoms with Gasteiger partial charge in [0.1, 0.15) is 0 Å². The van der Waals surface area contributed by atoms with Gasteiger partial charge in [-0.15, -0.1) is 6.58 Å². The van der Waals surface area contributed by atoms with E-state index >= 15 is 0 Å². The highest BCUT2D eigenvalue weighted by molar-refractivity contribution is 5.34. The van der Waals surface area contributed by atoms with Crippen LogP contribution in [0.1, 0.15) is 65.5 Å². The van der Waals surface area contributed by atoms with E-state index in [0.717, 1.165) is 11.5 Å². The van der Waals surface area contributed by atoms with Crippen LogP contribution in [-0.2, 0) is 0 Å². The van der Waals surface area contributed by atoms with Crippen LogP contribution in [0.5, 0.6) is 0 Å². The summed E-state index contributed by atoms with van der Waals surface area (Å²) in [6.45, 7) is 23.7. The monoisotopic (exact) mass is 409 g/mol. The molecule has 1 unspecified atom stereocenters. The Morgan fingerprint density at radius 2 is 1.83 bits per heavy atom. The average molecular weight is 410 g/mol. The van der Waals surface area contributed by atoms with Crippen LogP contribution < -0.4 is 0 Å². The van der Waals surface area contributed by atoms with E-state index < -0.39 is 0 Å². The lowest BCUT2D eigenvalue weighted by Gasteiger charge is -2.39. The highest BCUT2D eigenvalue weighted by atomic mass is 15.2. The van der Waals surface area contributed by atoms with Crippen LogP contribution in [0.15, 0.2) is 85.7 Å². The van der Waals surface area contributed by atoms with Gasteiger partial charge in [-0.3, -0.25) is 10.00 Å². The summed E-state index contributed by atoms with van der Waals surface area (Å²) in [5.41, 5.74) is 3.78. The number of hydrogen-bond donors (Lipinski definition) is 1. The van der Waals surface area contributed by atoms with Crippen LogP contribution in [0.25, 0.3) is 0 Å². The fourth-order valence-electron chi connectivity index (χ4n) is 2.96. The number of nitrogens with one attached hydrogen (secondary N) is 1. The first kappa shape index (κ1) is 27.6. The van der Waals surface area contributed by atoms with Crippen molar-refractivity contribution in [1.29, 1.82) is 0 Å². The minimum atomic E-state index is 0.336. The van der Waals surface area contributed by atoms with Crippen molar-refractivity contribution in [2.45, 2.75) is 65.8 Å². The zero-order chi connectivity index (χ0) is 22.8. The first-order valence-electron chi connectivity index (χ1n) is 11.2. The van der Waals surface area contributed by atoms with Gasteiger partial charge in [0.15, 0.2) is 0 Å². The first-order chi connectivity index (χ1) is 14.6. The predicted molar refractivity (Wildman–Crippen MR) is 135 cm³/mol. The molecule has 0 bridgehead atoms. The Labute approximate surface area is 185 Å². The molecule has 0 amide bonds. The van der Waals surface area contributed by atoms with Gasteiger partial charge in [-0.25, -0.2) is 0 Å². The summed E-state index contributed by atoms with van der Waals surface area (Å²) in [5.74, 6) is 0.817. The van der Waals surface area contributed by atoms with E-state index in [2.05, 4.69) is 66.1 Å². The zero-order valence-electron chi connectivity index (χ0n) is 19.9. The predicted octanol–water partition coefficient (Wildman–Crippen LogP) is 7.39. The lowest BCUT2D eigenvalue weighted by molar-refractivity contribution is 0.158. The SMILES string of the molecule is C=C/C=C(\C)C(C(=C)/C=C\C=C/C)N1CCC1.C=CC.CC.c1cc(C2CC2)[nH]n1. The number of H-pyrrole nitrogens is 1. The second-order valence-electron chi connectivity index (χ2n) is 7.09. The van der Waals surface area contributed by atoms with E-state index in [1.807, 2.05) is 52.1 Å². The van der Waals surface area contributed by atoms with Crippen molar-refractivity contribution in [3.63, 3.8) is 0 Å². The van der Waals surface area contributed by atoms with Crippen molar-refractivity contribution in [1.82, 2.24) is 15.1 Å². The Bertz CT molecular complexity index is 669. The normalized spacial score (nSPS) is 16.8. The lowest BCUT2D eigenvalue weighted by Crippen LogP contribution is -2.46. The van der Waals surface area contributed by atoms with Gasteiger partial charge in [0, 0.05) is 30.9 Å². The quantitative estimate of drug-likeness (QED) is 0.376. The van der Waals surface area contributed by atoms with Gasteiger partial charge in [0.05, 0.1) is 6.04 Å². The Balaban J connectivity index is 0.000000530. The van der Waals surface area contributed by atoms with E-state index in [-0.39, 0.29) is 0 Å². The fraction of sp³-hybridized carbons (Fsp3) is 0.444. The molecule has 1 saturated carbocycles. The summed E-state index contributed by atoms with van der Waals surface area (Å²) in [4.78, 5) is 2.46. The molecule has 1 N–H and O–H groups in total. The molecule has 2 fully saturated rings. The highest BCUT2D eigenvalue weighted by Crippen LogP contribution is 2.38. The first-order valence-corrected chi connectivity index (χ1v) is 11.2. The van der Waals surface area contributed by atoms with Crippen molar-refractivity contribution < 1.29 is 0 Å². The maximum Gasteiger partial charge on any atom is 0.0555 e. The summed E-state index contributed by atoms with van der Waals surface area (Å²) in [5, 5.41) is 6.81. The van der Waals surface area contributed by atoms with Crippen molar-refractivity contribution in [3.8, 4) is 0 Å². The number of hydrogen-bond acceptors (Lipinski definition) is 2. The topological polar surface area (TPSA) is 31.9 Å². The third-order valence-corrected chi connectivity index (χ3v) is 4.57. The van der Waals surface area contributed by atoms with E-state index in [1.54, 1.807) is 6.08 Å². The van der Waals surface area contributed by atoms with Crippen LogP contribution in [-0.4, -0.2) is 34.2 Å². The molecule has 3 heteroatoms. The maximum atomic E-state index is 4.20. The smallest absolute Gasteiger partial charge is 0.0555 e. The second-order valence-corrected chi connectivity index (χ2v) is 7.09. The maximum absolute atomic E-state index is 4.20. The molecule has 0 spiro atoms. The molecule has 166 valence electrons. The number of allylic oxidation sites excluding steroid dienone is 6. The molecule has 1 atom stereocenters. The van der Waals surface area contributed by atoms with Crippen molar-refractivity contribution in [2.24, 2.45) is 0 Å². The molecule has 1 aromatic rings. The molecular weight excluding hydrogens is 366 g/mol. The van der Waals surface area contributed by atoms with Crippen molar-refractivity contribution in [3.05, 3.63) is 91.4 Å². The van der Waals surface area contributed by atoms with E-state index in [1.165, 1.54) is 43.6 Å². The minimum absolute atomic E-state index is 0.336. The minimum Gasteiger partial charge on any atom is -0.293 e. The van der Waals surface area contributed by atoms with Gasteiger partial charge in [0.25, 0.3) is 0 Å². The molecule has 2 heterocycles. The molecule has 3 rings (SSSR count). The van der Waals surface area contributed by atoms with Gasteiger partial charge >= 0.3 is 0 Å². The molecule has 1 aromatic heterocycles. The number of rotatable bonds is 7. The summed E-state index contributed by atoms with van der Waals surface area (Å²) >= 11 is 0. The molecule has 1 aliphatic carbocycles. The molecule has 3 nitrogen and oxygen atoms in total. The summed E-state index contributed by atoms with van der Waals surface area (Å²) in [7, 11) is 0. The number of nitrogens with zero attached hydrogens (tertiary/aromatic N) is 2. The number of likely N-dealkylation sites (tertiary alicyclic amines) is 1. The Kier molecular flexibility index (Phi) is 16.1.